The van der Waals surface area contributed by atoms with Gasteiger partial charge in [0.25, 0.3) is 0 Å². The van der Waals surface area contributed by atoms with Crippen molar-refractivity contribution in [3.05, 3.63) is 29.1 Å². The van der Waals surface area contributed by atoms with Crippen LogP contribution in [0, 0.1) is 18.7 Å². The lowest BCUT2D eigenvalue weighted by Crippen LogP contribution is -2.08. The fraction of sp³-hybridized carbons (Fsp3) is 0.571. The number of thioether (sulfide) groups is 1. The maximum Gasteiger partial charge on any atom is 0.126 e. The Morgan fingerprint density at radius 3 is 2.47 bits per heavy atom. The van der Waals surface area contributed by atoms with Crippen LogP contribution in [0.2, 0.25) is 0 Å². The minimum Gasteiger partial charge on any atom is -0.324 e. The smallest absolute Gasteiger partial charge is 0.126 e. The monoisotopic (exact) mass is 255 g/mol. The summed E-state index contributed by atoms with van der Waals surface area (Å²) in [5, 5.41) is 0. The Hall–Kier alpha value is -0.540. The number of benzene rings is 1. The van der Waals surface area contributed by atoms with E-state index in [4.69, 9.17) is 5.73 Å². The second kappa shape index (κ2) is 6.41. The van der Waals surface area contributed by atoms with Crippen molar-refractivity contribution in [2.24, 2.45) is 11.7 Å². The Morgan fingerprint density at radius 2 is 1.94 bits per heavy atom. The van der Waals surface area contributed by atoms with Gasteiger partial charge in [-0.2, -0.15) is 0 Å². The molecule has 0 aromatic heterocycles. The molecule has 0 saturated heterocycles. The van der Waals surface area contributed by atoms with E-state index in [0.717, 1.165) is 16.2 Å². The second-order valence-electron chi connectivity index (χ2n) is 4.96. The van der Waals surface area contributed by atoms with Crippen LogP contribution in [0.15, 0.2) is 17.0 Å². The van der Waals surface area contributed by atoms with Crippen LogP contribution in [-0.4, -0.2) is 5.75 Å². The third-order valence-electron chi connectivity index (χ3n) is 2.73. The van der Waals surface area contributed by atoms with Crippen LogP contribution in [0.1, 0.15) is 44.4 Å². The van der Waals surface area contributed by atoms with Gasteiger partial charge in [0.2, 0.25) is 0 Å². The van der Waals surface area contributed by atoms with Gasteiger partial charge in [-0.25, -0.2) is 4.39 Å². The molecule has 0 fully saturated rings. The fourth-order valence-electron chi connectivity index (χ4n) is 1.56. The maximum absolute atomic E-state index is 13.5. The Kier molecular flexibility index (Phi) is 5.47. The summed E-state index contributed by atoms with van der Waals surface area (Å²) in [6, 6.07) is 3.38. The molecule has 0 aliphatic heterocycles. The van der Waals surface area contributed by atoms with Crippen molar-refractivity contribution in [1.29, 1.82) is 0 Å². The molecule has 0 unspecified atom stereocenters. The van der Waals surface area contributed by atoms with Crippen LogP contribution in [0.5, 0.6) is 0 Å². The molecule has 0 radical (unpaired) electrons. The minimum atomic E-state index is -0.162. The average molecular weight is 255 g/mol. The molecule has 0 aliphatic carbocycles. The van der Waals surface area contributed by atoms with E-state index in [9.17, 15) is 4.39 Å². The molecule has 0 bridgehead atoms. The highest BCUT2D eigenvalue weighted by molar-refractivity contribution is 7.99. The van der Waals surface area contributed by atoms with Gasteiger partial charge in [0.15, 0.2) is 0 Å². The first-order chi connectivity index (χ1) is 7.91. The lowest BCUT2D eigenvalue weighted by molar-refractivity contribution is 0.609. The second-order valence-corrected chi connectivity index (χ2v) is 6.10. The third-order valence-corrected chi connectivity index (χ3v) is 3.84. The summed E-state index contributed by atoms with van der Waals surface area (Å²) in [6.07, 6.45) is 1.17. The zero-order valence-electron chi connectivity index (χ0n) is 11.1. The predicted octanol–water partition coefficient (Wildman–Crippen LogP) is 4.29. The maximum atomic E-state index is 13.5. The largest absolute Gasteiger partial charge is 0.324 e. The molecule has 0 aliphatic rings. The normalized spacial score (nSPS) is 13.1. The van der Waals surface area contributed by atoms with Crippen LogP contribution in [0.3, 0.4) is 0 Å². The Labute approximate surface area is 108 Å². The van der Waals surface area contributed by atoms with Gasteiger partial charge in [-0.05, 0) is 55.2 Å². The van der Waals surface area contributed by atoms with Crippen molar-refractivity contribution in [1.82, 2.24) is 0 Å². The number of hydrogen-bond donors (Lipinski definition) is 1. The highest BCUT2D eigenvalue weighted by Gasteiger charge is 2.11. The van der Waals surface area contributed by atoms with E-state index in [1.807, 2.05) is 13.0 Å². The van der Waals surface area contributed by atoms with Crippen LogP contribution in [-0.2, 0) is 0 Å². The van der Waals surface area contributed by atoms with E-state index in [2.05, 4.69) is 13.8 Å². The highest BCUT2D eigenvalue weighted by atomic mass is 32.2. The van der Waals surface area contributed by atoms with Crippen molar-refractivity contribution in [3.8, 4) is 0 Å². The molecule has 1 rings (SSSR count). The van der Waals surface area contributed by atoms with Crippen molar-refractivity contribution < 1.29 is 4.39 Å². The Morgan fingerprint density at radius 1 is 1.29 bits per heavy atom. The molecule has 0 spiro atoms. The molecule has 3 heteroatoms. The fourth-order valence-corrected chi connectivity index (χ4v) is 3.04. The topological polar surface area (TPSA) is 26.0 Å². The van der Waals surface area contributed by atoms with Gasteiger partial charge in [0, 0.05) is 10.9 Å². The van der Waals surface area contributed by atoms with Gasteiger partial charge in [-0.3, -0.25) is 0 Å². The van der Waals surface area contributed by atoms with Gasteiger partial charge in [-0.15, -0.1) is 11.8 Å². The molecule has 1 nitrogen and oxygen atoms in total. The lowest BCUT2D eigenvalue weighted by Gasteiger charge is -2.14. The number of hydrogen-bond acceptors (Lipinski definition) is 2. The average Bonchev–Trinajstić information content (AvgIpc) is 2.22. The Balaban J connectivity index is 2.85. The summed E-state index contributed by atoms with van der Waals surface area (Å²) in [5.74, 6) is 1.59. The van der Waals surface area contributed by atoms with E-state index in [0.29, 0.717) is 11.5 Å². The predicted molar refractivity (Wildman–Crippen MR) is 73.9 cm³/mol. The molecule has 96 valence electrons. The summed E-state index contributed by atoms with van der Waals surface area (Å²) >= 11 is 1.78. The van der Waals surface area contributed by atoms with E-state index in [-0.39, 0.29) is 11.9 Å². The summed E-state index contributed by atoms with van der Waals surface area (Å²) in [5.41, 5.74) is 7.50. The van der Waals surface area contributed by atoms with Gasteiger partial charge >= 0.3 is 0 Å². The zero-order valence-corrected chi connectivity index (χ0v) is 11.9. The molecular weight excluding hydrogens is 233 g/mol. The lowest BCUT2D eigenvalue weighted by atomic mass is 10.1. The quantitative estimate of drug-likeness (QED) is 0.794. The van der Waals surface area contributed by atoms with Gasteiger partial charge in [-0.1, -0.05) is 13.8 Å². The number of halogens is 1. The van der Waals surface area contributed by atoms with Crippen LogP contribution in [0.4, 0.5) is 4.39 Å². The summed E-state index contributed by atoms with van der Waals surface area (Å²) in [4.78, 5) is 1.12. The van der Waals surface area contributed by atoms with Crippen molar-refractivity contribution >= 4 is 11.8 Å². The summed E-state index contributed by atoms with van der Waals surface area (Å²) in [6.45, 7) is 8.12. The standard InChI is InChI=1S/C14H22FNS/c1-9(2)5-6-17-14-7-10(3)13(15)8-12(14)11(4)16/h7-9,11H,5-6,16H2,1-4H3/t11-/m1/s1. The highest BCUT2D eigenvalue weighted by Crippen LogP contribution is 2.30. The number of nitrogens with two attached hydrogens (primary N) is 1. The first kappa shape index (κ1) is 14.5. The van der Waals surface area contributed by atoms with Gasteiger partial charge in [0.1, 0.15) is 5.82 Å². The summed E-state index contributed by atoms with van der Waals surface area (Å²) < 4.78 is 13.5. The van der Waals surface area contributed by atoms with Crippen LogP contribution in [0.25, 0.3) is 0 Å². The van der Waals surface area contributed by atoms with Crippen molar-refractivity contribution in [2.45, 2.75) is 45.1 Å². The van der Waals surface area contributed by atoms with Crippen molar-refractivity contribution in [3.63, 3.8) is 0 Å². The molecule has 1 atom stereocenters. The Bertz CT molecular complexity index is 375. The molecular formula is C14H22FNS. The van der Waals surface area contributed by atoms with E-state index in [1.54, 1.807) is 24.8 Å². The van der Waals surface area contributed by atoms with E-state index < -0.39 is 0 Å². The first-order valence-corrected chi connectivity index (χ1v) is 7.08. The molecule has 0 heterocycles. The molecule has 0 saturated carbocycles. The number of rotatable bonds is 5. The minimum absolute atomic E-state index is 0.119. The number of aryl methyl sites for hydroxylation is 1. The molecule has 1 aromatic carbocycles. The van der Waals surface area contributed by atoms with Gasteiger partial charge < -0.3 is 5.73 Å². The third kappa shape index (κ3) is 4.32. The van der Waals surface area contributed by atoms with Crippen molar-refractivity contribution in [2.75, 3.05) is 5.75 Å². The molecule has 1 aromatic rings. The van der Waals surface area contributed by atoms with E-state index in [1.165, 1.54) is 6.42 Å². The molecule has 2 N–H and O–H groups in total. The molecule has 17 heavy (non-hydrogen) atoms. The molecule has 0 amide bonds. The summed E-state index contributed by atoms with van der Waals surface area (Å²) in [7, 11) is 0. The van der Waals surface area contributed by atoms with Crippen LogP contribution >= 0.6 is 11.8 Å². The van der Waals surface area contributed by atoms with Crippen LogP contribution < -0.4 is 5.73 Å². The first-order valence-electron chi connectivity index (χ1n) is 6.10. The SMILES string of the molecule is Cc1cc(SCCC(C)C)c([C@@H](C)N)cc1F. The van der Waals surface area contributed by atoms with Gasteiger partial charge in [0.05, 0.1) is 0 Å². The van der Waals surface area contributed by atoms with E-state index >= 15 is 0 Å². The zero-order chi connectivity index (χ0) is 13.0.